The Labute approximate surface area is 207 Å². The highest BCUT2D eigenvalue weighted by molar-refractivity contribution is 5.91. The number of alkyl halides is 3. The van der Waals surface area contributed by atoms with Crippen LogP contribution in [0.15, 0.2) is 82.6 Å². The predicted molar refractivity (Wildman–Crippen MR) is 127 cm³/mol. The number of carbonyl (C=O) groups is 1. The number of carbonyl (C=O) groups excluding carboxylic acids is 1. The lowest BCUT2D eigenvalue weighted by molar-refractivity contribution is -0.137. The van der Waals surface area contributed by atoms with Gasteiger partial charge in [0, 0.05) is 18.9 Å². The molecule has 0 saturated carbocycles. The molecule has 190 valence electrons. The smallest absolute Gasteiger partial charge is 0.416 e. The highest BCUT2D eigenvalue weighted by atomic mass is 19.4. The highest BCUT2D eigenvalue weighted by Gasteiger charge is 2.30. The Balaban J connectivity index is 1.79. The van der Waals surface area contributed by atoms with Crippen LogP contribution in [0.5, 0.6) is 5.75 Å². The number of aromatic nitrogens is 4. The van der Waals surface area contributed by atoms with Crippen LogP contribution in [-0.2, 0) is 19.3 Å². The van der Waals surface area contributed by atoms with Gasteiger partial charge >= 0.3 is 11.9 Å². The minimum atomic E-state index is -4.58. The number of pyridine rings is 1. The molecule has 4 rings (SSSR count). The van der Waals surface area contributed by atoms with Crippen molar-refractivity contribution in [1.82, 2.24) is 24.6 Å². The zero-order chi connectivity index (χ0) is 26.6. The SMILES string of the molecule is COc1cccc(Cn2c(=O)c(C(=O)NCc3cccnc3)nn(-c3ccc(C(F)(F)F)cc3)c2=O)c1. The number of nitrogens with zero attached hydrogens (tertiary/aromatic N) is 4. The summed E-state index contributed by atoms with van der Waals surface area (Å²) in [5, 5.41) is 6.47. The van der Waals surface area contributed by atoms with Gasteiger partial charge in [-0.15, -0.1) is 0 Å². The summed E-state index contributed by atoms with van der Waals surface area (Å²) in [6.07, 6.45) is -1.50. The Morgan fingerprint density at radius 1 is 1.03 bits per heavy atom. The van der Waals surface area contributed by atoms with Crippen LogP contribution in [0.2, 0.25) is 0 Å². The van der Waals surface area contributed by atoms with E-state index in [9.17, 15) is 27.6 Å². The third-order valence-corrected chi connectivity index (χ3v) is 5.36. The molecule has 37 heavy (non-hydrogen) atoms. The number of hydrogen-bond donors (Lipinski definition) is 1. The van der Waals surface area contributed by atoms with Gasteiger partial charge in [0.05, 0.1) is 24.9 Å². The van der Waals surface area contributed by atoms with E-state index in [0.29, 0.717) is 16.9 Å². The van der Waals surface area contributed by atoms with Crippen molar-refractivity contribution in [3.63, 3.8) is 0 Å². The maximum Gasteiger partial charge on any atom is 0.416 e. The van der Waals surface area contributed by atoms with Crippen molar-refractivity contribution in [2.75, 3.05) is 7.11 Å². The minimum absolute atomic E-state index is 0.0308. The van der Waals surface area contributed by atoms with Gasteiger partial charge in [0.15, 0.2) is 0 Å². The number of halogens is 3. The molecule has 0 bridgehead atoms. The van der Waals surface area contributed by atoms with Crippen LogP contribution in [0.25, 0.3) is 5.69 Å². The maximum atomic E-state index is 13.3. The molecule has 2 aromatic carbocycles. The molecular weight excluding hydrogens is 491 g/mol. The van der Waals surface area contributed by atoms with Crippen LogP contribution in [-0.4, -0.2) is 32.3 Å². The van der Waals surface area contributed by atoms with Gasteiger partial charge in [0.2, 0.25) is 5.69 Å². The van der Waals surface area contributed by atoms with Gasteiger partial charge in [0.25, 0.3) is 11.5 Å². The van der Waals surface area contributed by atoms with Crippen molar-refractivity contribution in [2.45, 2.75) is 19.3 Å². The predicted octanol–water partition coefficient (Wildman–Crippen LogP) is 2.79. The largest absolute Gasteiger partial charge is 0.497 e. The Morgan fingerprint density at radius 2 is 1.76 bits per heavy atom. The van der Waals surface area contributed by atoms with Crippen molar-refractivity contribution in [1.29, 1.82) is 0 Å². The monoisotopic (exact) mass is 511 g/mol. The lowest BCUT2D eigenvalue weighted by atomic mass is 10.2. The van der Waals surface area contributed by atoms with Crippen LogP contribution in [0.3, 0.4) is 0 Å². The second-order valence-corrected chi connectivity index (χ2v) is 7.87. The third-order valence-electron chi connectivity index (χ3n) is 5.36. The number of methoxy groups -OCH3 is 1. The van der Waals surface area contributed by atoms with Crippen LogP contribution in [0.4, 0.5) is 13.2 Å². The lowest BCUT2D eigenvalue weighted by Crippen LogP contribution is -2.46. The molecule has 0 saturated heterocycles. The fraction of sp³-hybridized carbons (Fsp3) is 0.160. The van der Waals surface area contributed by atoms with E-state index in [1.54, 1.807) is 42.6 Å². The quantitative estimate of drug-likeness (QED) is 0.409. The average molecular weight is 511 g/mol. The molecule has 0 aliphatic heterocycles. The molecule has 0 aliphatic carbocycles. The molecule has 0 spiro atoms. The van der Waals surface area contributed by atoms with E-state index >= 15 is 0 Å². The third kappa shape index (κ3) is 5.74. The first kappa shape index (κ1) is 25.4. The molecule has 9 nitrogen and oxygen atoms in total. The summed E-state index contributed by atoms with van der Waals surface area (Å²) in [7, 11) is 1.46. The Kier molecular flexibility index (Phi) is 7.18. The molecule has 1 N–H and O–H groups in total. The molecule has 4 aromatic rings. The Hall–Kier alpha value is -4.74. The van der Waals surface area contributed by atoms with Crippen LogP contribution < -0.4 is 21.3 Å². The molecular formula is C25H20F3N5O4. The molecule has 0 atom stereocenters. The van der Waals surface area contributed by atoms with E-state index in [0.717, 1.165) is 33.5 Å². The van der Waals surface area contributed by atoms with Gasteiger partial charge in [0.1, 0.15) is 5.75 Å². The zero-order valence-electron chi connectivity index (χ0n) is 19.4. The fourth-order valence-corrected chi connectivity index (χ4v) is 3.48. The summed E-state index contributed by atoms with van der Waals surface area (Å²) in [6.45, 7) is -0.204. The molecule has 1 amide bonds. The summed E-state index contributed by atoms with van der Waals surface area (Å²) in [5.41, 5.74) is -2.31. The molecule has 12 heteroatoms. The second-order valence-electron chi connectivity index (χ2n) is 7.87. The summed E-state index contributed by atoms with van der Waals surface area (Å²) in [5.74, 6) is -0.383. The van der Waals surface area contributed by atoms with Crippen LogP contribution in [0, 0.1) is 0 Å². The van der Waals surface area contributed by atoms with E-state index in [1.165, 1.54) is 13.3 Å². The maximum absolute atomic E-state index is 13.3. The number of hydrogen-bond acceptors (Lipinski definition) is 6. The van der Waals surface area contributed by atoms with Gasteiger partial charge in [-0.05, 0) is 53.6 Å². The van der Waals surface area contributed by atoms with Gasteiger partial charge in [-0.25, -0.2) is 4.79 Å². The fourth-order valence-electron chi connectivity index (χ4n) is 3.48. The number of rotatable bonds is 7. The van der Waals surface area contributed by atoms with E-state index in [2.05, 4.69) is 15.4 Å². The molecule has 0 radical (unpaired) electrons. The first-order chi connectivity index (χ1) is 17.7. The summed E-state index contributed by atoms with van der Waals surface area (Å²) < 4.78 is 45.7. The first-order valence-corrected chi connectivity index (χ1v) is 10.9. The molecule has 2 aromatic heterocycles. The van der Waals surface area contributed by atoms with E-state index < -0.39 is 34.6 Å². The molecule has 0 fully saturated rings. The van der Waals surface area contributed by atoms with E-state index in [-0.39, 0.29) is 18.8 Å². The number of ether oxygens (including phenoxy) is 1. The van der Waals surface area contributed by atoms with Crippen LogP contribution >= 0.6 is 0 Å². The topological polar surface area (TPSA) is 108 Å². The molecule has 2 heterocycles. The standard InChI is InChI=1S/C25H20F3N5O4/c1-37-20-6-2-4-16(12-20)15-32-23(35)21(22(34)30-14-17-5-3-11-29-13-17)31-33(24(32)36)19-9-7-18(8-10-19)25(26,27)28/h2-13H,14-15H2,1H3,(H,30,34). The summed E-state index contributed by atoms with van der Waals surface area (Å²) >= 11 is 0. The Bertz CT molecular complexity index is 1530. The molecule has 0 aliphatic rings. The number of nitrogens with one attached hydrogen (secondary N) is 1. The van der Waals surface area contributed by atoms with Gasteiger partial charge < -0.3 is 10.1 Å². The van der Waals surface area contributed by atoms with Crippen molar-refractivity contribution in [2.24, 2.45) is 0 Å². The van der Waals surface area contributed by atoms with Crippen molar-refractivity contribution >= 4 is 5.91 Å². The number of benzene rings is 2. The second kappa shape index (κ2) is 10.5. The van der Waals surface area contributed by atoms with Crippen molar-refractivity contribution < 1.29 is 22.7 Å². The Morgan fingerprint density at radius 3 is 2.41 bits per heavy atom. The van der Waals surface area contributed by atoms with Crippen LogP contribution in [0.1, 0.15) is 27.2 Å². The zero-order valence-corrected chi connectivity index (χ0v) is 19.4. The normalized spacial score (nSPS) is 11.2. The lowest BCUT2D eigenvalue weighted by Gasteiger charge is -2.13. The summed E-state index contributed by atoms with van der Waals surface area (Å²) in [6, 6.07) is 13.6. The minimum Gasteiger partial charge on any atom is -0.497 e. The first-order valence-electron chi connectivity index (χ1n) is 10.9. The number of amides is 1. The highest BCUT2D eigenvalue weighted by Crippen LogP contribution is 2.29. The van der Waals surface area contributed by atoms with Crippen molar-refractivity contribution in [3.8, 4) is 11.4 Å². The van der Waals surface area contributed by atoms with E-state index in [4.69, 9.17) is 4.74 Å². The van der Waals surface area contributed by atoms with E-state index in [1.807, 2.05) is 0 Å². The van der Waals surface area contributed by atoms with Gasteiger partial charge in [-0.1, -0.05) is 18.2 Å². The molecule has 0 unspecified atom stereocenters. The van der Waals surface area contributed by atoms with Crippen molar-refractivity contribution in [3.05, 3.63) is 116 Å². The average Bonchev–Trinajstić information content (AvgIpc) is 2.90. The van der Waals surface area contributed by atoms with Gasteiger partial charge in [-0.2, -0.15) is 23.0 Å². The van der Waals surface area contributed by atoms with Gasteiger partial charge in [-0.3, -0.25) is 19.1 Å². The summed E-state index contributed by atoms with van der Waals surface area (Å²) in [4.78, 5) is 43.3.